The van der Waals surface area contributed by atoms with E-state index in [1.165, 1.54) is 6.07 Å². The van der Waals surface area contributed by atoms with Gasteiger partial charge >= 0.3 is 12.1 Å². The second-order valence-electron chi connectivity index (χ2n) is 7.66. The highest BCUT2D eigenvalue weighted by Crippen LogP contribution is 2.40. The van der Waals surface area contributed by atoms with E-state index in [1.807, 2.05) is 4.90 Å². The molecule has 2 fully saturated rings. The first kappa shape index (κ1) is 18.3. The fraction of sp³-hybridized carbons (Fsp3) is 0.579. The third-order valence-electron chi connectivity index (χ3n) is 6.13. The van der Waals surface area contributed by atoms with Crippen molar-refractivity contribution >= 4 is 17.0 Å². The second kappa shape index (κ2) is 6.51. The number of aryl methyl sites for hydroxylation is 1. The van der Waals surface area contributed by atoms with Crippen LogP contribution in [0.1, 0.15) is 43.5 Å². The lowest BCUT2D eigenvalue weighted by atomic mass is 9.85. The van der Waals surface area contributed by atoms with Gasteiger partial charge in [0, 0.05) is 13.1 Å². The zero-order chi connectivity index (χ0) is 19.3. The number of rotatable bonds is 3. The molecule has 1 saturated heterocycles. The fourth-order valence-electron chi connectivity index (χ4n) is 4.75. The smallest absolute Gasteiger partial charge is 0.416 e. The van der Waals surface area contributed by atoms with E-state index in [4.69, 9.17) is 0 Å². The molecule has 1 aromatic heterocycles. The molecule has 1 saturated carbocycles. The van der Waals surface area contributed by atoms with Gasteiger partial charge in [0.1, 0.15) is 11.9 Å². The van der Waals surface area contributed by atoms with E-state index in [-0.39, 0.29) is 11.6 Å². The third-order valence-corrected chi connectivity index (χ3v) is 6.13. The molecule has 0 amide bonds. The number of fused-ring (bicyclic) bond motifs is 2. The Labute approximate surface area is 154 Å². The zero-order valence-electron chi connectivity index (χ0n) is 15.0. The topological polar surface area (TPSA) is 58.4 Å². The van der Waals surface area contributed by atoms with Crippen molar-refractivity contribution < 1.29 is 23.1 Å². The fourth-order valence-corrected chi connectivity index (χ4v) is 4.75. The van der Waals surface area contributed by atoms with Gasteiger partial charge < -0.3 is 9.67 Å². The van der Waals surface area contributed by atoms with Gasteiger partial charge in [0.2, 0.25) is 0 Å². The van der Waals surface area contributed by atoms with Crippen molar-refractivity contribution in [2.75, 3.05) is 0 Å². The highest BCUT2D eigenvalue weighted by atomic mass is 19.4. The molecule has 4 rings (SSSR count). The van der Waals surface area contributed by atoms with Crippen LogP contribution in [0.2, 0.25) is 0 Å². The van der Waals surface area contributed by atoms with Gasteiger partial charge in [0.15, 0.2) is 0 Å². The van der Waals surface area contributed by atoms with Crippen molar-refractivity contribution in [1.82, 2.24) is 14.5 Å². The highest BCUT2D eigenvalue weighted by molar-refractivity contribution is 5.77. The van der Waals surface area contributed by atoms with Crippen LogP contribution >= 0.6 is 0 Å². The second-order valence-corrected chi connectivity index (χ2v) is 7.66. The van der Waals surface area contributed by atoms with Crippen LogP contribution in [0.4, 0.5) is 13.2 Å². The van der Waals surface area contributed by atoms with Crippen molar-refractivity contribution in [3.63, 3.8) is 0 Å². The minimum absolute atomic E-state index is 0.213. The number of aromatic nitrogens is 2. The molecule has 1 aliphatic heterocycles. The van der Waals surface area contributed by atoms with E-state index >= 15 is 0 Å². The quantitative estimate of drug-likeness (QED) is 0.878. The maximum absolute atomic E-state index is 13.0. The summed E-state index contributed by atoms with van der Waals surface area (Å²) < 4.78 is 40.7. The Bertz CT molecular complexity index is 877. The van der Waals surface area contributed by atoms with E-state index in [2.05, 4.69) is 4.98 Å². The molecule has 146 valence electrons. The maximum Gasteiger partial charge on any atom is 0.416 e. The number of carboxylic acids is 1. The van der Waals surface area contributed by atoms with E-state index in [9.17, 15) is 23.1 Å². The molecule has 1 aromatic carbocycles. The monoisotopic (exact) mass is 381 g/mol. The molecule has 2 aliphatic rings. The Hall–Kier alpha value is -2.09. The van der Waals surface area contributed by atoms with Crippen LogP contribution in [0.5, 0.6) is 0 Å². The first-order valence-corrected chi connectivity index (χ1v) is 9.27. The zero-order valence-corrected chi connectivity index (χ0v) is 15.0. The van der Waals surface area contributed by atoms with Crippen LogP contribution in [0.25, 0.3) is 11.0 Å². The Balaban J connectivity index is 1.67. The lowest BCUT2D eigenvalue weighted by molar-refractivity contribution is -0.143. The number of imidazole rings is 1. The number of aliphatic carboxylic acids is 1. The normalized spacial score (nSPS) is 26.4. The largest absolute Gasteiger partial charge is 0.480 e. The van der Waals surface area contributed by atoms with Gasteiger partial charge in [0.05, 0.1) is 23.1 Å². The van der Waals surface area contributed by atoms with Crippen molar-refractivity contribution in [2.24, 2.45) is 13.0 Å². The number of alkyl halides is 3. The average molecular weight is 381 g/mol. The summed E-state index contributed by atoms with van der Waals surface area (Å²) in [5, 5.41) is 9.65. The number of likely N-dealkylation sites (tertiary alicyclic amines) is 1. The number of carboxylic acid groups (broad SMARTS) is 1. The number of hydrogen-bond donors (Lipinski definition) is 1. The van der Waals surface area contributed by atoms with Crippen molar-refractivity contribution in [2.45, 2.75) is 56.9 Å². The molecular formula is C19H22F3N3O2. The summed E-state index contributed by atoms with van der Waals surface area (Å²) >= 11 is 0. The number of nitrogens with zero attached hydrogens (tertiary/aromatic N) is 3. The van der Waals surface area contributed by atoms with Crippen LogP contribution < -0.4 is 0 Å². The lowest BCUT2D eigenvalue weighted by Crippen LogP contribution is -2.42. The summed E-state index contributed by atoms with van der Waals surface area (Å²) in [5.41, 5.74) is 0.175. The molecular weight excluding hydrogens is 359 g/mol. The first-order valence-electron chi connectivity index (χ1n) is 9.27. The van der Waals surface area contributed by atoms with Crippen molar-refractivity contribution in [3.05, 3.63) is 29.6 Å². The molecule has 3 unspecified atom stereocenters. The van der Waals surface area contributed by atoms with Crippen LogP contribution in [0, 0.1) is 5.92 Å². The van der Waals surface area contributed by atoms with Gasteiger partial charge in [-0.25, -0.2) is 4.98 Å². The number of carbonyl (C=O) groups is 1. The predicted molar refractivity (Wildman–Crippen MR) is 93.0 cm³/mol. The molecule has 1 aliphatic carbocycles. The van der Waals surface area contributed by atoms with Crippen LogP contribution in [-0.4, -0.2) is 37.6 Å². The number of hydrogen-bond acceptors (Lipinski definition) is 3. The minimum atomic E-state index is -4.41. The van der Waals surface area contributed by atoms with Crippen LogP contribution in [-0.2, 0) is 24.6 Å². The molecule has 8 heteroatoms. The van der Waals surface area contributed by atoms with Gasteiger partial charge in [-0.3, -0.25) is 9.69 Å². The lowest BCUT2D eigenvalue weighted by Gasteiger charge is -2.32. The number of halogens is 3. The van der Waals surface area contributed by atoms with Gasteiger partial charge in [-0.1, -0.05) is 12.8 Å². The summed E-state index contributed by atoms with van der Waals surface area (Å²) in [4.78, 5) is 18.2. The molecule has 0 radical (unpaired) electrons. The summed E-state index contributed by atoms with van der Waals surface area (Å²) in [6.45, 7) is 0.338. The van der Waals surface area contributed by atoms with E-state index in [0.717, 1.165) is 37.8 Å². The van der Waals surface area contributed by atoms with Gasteiger partial charge in [-0.2, -0.15) is 13.2 Å². The van der Waals surface area contributed by atoms with Gasteiger partial charge in [-0.15, -0.1) is 0 Å². The molecule has 1 N–H and O–H groups in total. The van der Waals surface area contributed by atoms with E-state index in [1.54, 1.807) is 11.6 Å². The summed E-state index contributed by atoms with van der Waals surface area (Å²) in [5.74, 6) is 0.149. The molecule has 2 heterocycles. The standard InChI is InChI=1S/C19H22F3N3O2/c1-24-15-7-6-12(19(20,21)22)9-13(15)23-17(24)10-25-14-5-3-2-4-11(14)8-16(25)18(26)27/h6-7,9,11,14,16H,2-5,8,10H2,1H3,(H,26,27). The van der Waals surface area contributed by atoms with Crippen molar-refractivity contribution in [1.29, 1.82) is 0 Å². The molecule has 0 bridgehead atoms. The summed E-state index contributed by atoms with van der Waals surface area (Å²) in [6.07, 6.45) is 0.459. The SMILES string of the molecule is Cn1c(CN2C(C(=O)O)CC3CCCCC32)nc2cc(C(F)(F)F)ccc21. The molecule has 0 spiro atoms. The minimum Gasteiger partial charge on any atom is -0.480 e. The summed E-state index contributed by atoms with van der Waals surface area (Å²) in [6, 6.07) is 3.20. The Morgan fingerprint density at radius 3 is 2.74 bits per heavy atom. The van der Waals surface area contributed by atoms with E-state index in [0.29, 0.717) is 30.2 Å². The van der Waals surface area contributed by atoms with Gasteiger partial charge in [0.25, 0.3) is 0 Å². The van der Waals surface area contributed by atoms with Crippen LogP contribution in [0.15, 0.2) is 18.2 Å². The molecule has 3 atom stereocenters. The van der Waals surface area contributed by atoms with Crippen LogP contribution in [0.3, 0.4) is 0 Å². The predicted octanol–water partition coefficient (Wildman–Crippen LogP) is 3.81. The van der Waals surface area contributed by atoms with Gasteiger partial charge in [-0.05, 0) is 43.4 Å². The Kier molecular flexibility index (Phi) is 4.41. The van der Waals surface area contributed by atoms with E-state index < -0.39 is 23.8 Å². The summed E-state index contributed by atoms with van der Waals surface area (Å²) in [7, 11) is 1.77. The third kappa shape index (κ3) is 3.20. The average Bonchev–Trinajstić information content (AvgIpc) is 3.13. The first-order chi connectivity index (χ1) is 12.8. The maximum atomic E-state index is 13.0. The molecule has 2 aromatic rings. The van der Waals surface area contributed by atoms with Crippen molar-refractivity contribution in [3.8, 4) is 0 Å². The Morgan fingerprint density at radius 2 is 2.04 bits per heavy atom. The number of benzene rings is 1. The molecule has 27 heavy (non-hydrogen) atoms. The Morgan fingerprint density at radius 1 is 1.30 bits per heavy atom. The molecule has 5 nitrogen and oxygen atoms in total. The highest BCUT2D eigenvalue weighted by Gasteiger charge is 2.45.